The minimum Gasteiger partial charge on any atom is -0.475 e. The molecule has 38 heavy (non-hydrogen) atoms. The van der Waals surface area contributed by atoms with Gasteiger partial charge in [-0.1, -0.05) is 60.7 Å². The van der Waals surface area contributed by atoms with E-state index in [0.717, 1.165) is 16.3 Å². The van der Waals surface area contributed by atoms with Gasteiger partial charge in [-0.05, 0) is 54.3 Å². The third-order valence-corrected chi connectivity index (χ3v) is 5.60. The van der Waals surface area contributed by atoms with Gasteiger partial charge in [0.2, 0.25) is 11.8 Å². The zero-order chi connectivity index (χ0) is 28.1. The maximum absolute atomic E-state index is 13.2. The summed E-state index contributed by atoms with van der Waals surface area (Å²) in [6, 6.07) is 23.0. The lowest BCUT2D eigenvalue weighted by molar-refractivity contribution is -0.192. The average molecular weight is 533 g/mol. The Labute approximate surface area is 218 Å². The van der Waals surface area contributed by atoms with Crippen LogP contribution in [0.2, 0.25) is 0 Å². The Morgan fingerprint density at radius 2 is 1.53 bits per heavy atom. The van der Waals surface area contributed by atoms with Gasteiger partial charge in [-0.3, -0.25) is 9.59 Å². The Hall–Kier alpha value is -3.96. The largest absolute Gasteiger partial charge is 0.490 e. The minimum absolute atomic E-state index is 0.142. The number of anilines is 1. The lowest BCUT2D eigenvalue weighted by Crippen LogP contribution is -2.50. The van der Waals surface area contributed by atoms with E-state index in [1.807, 2.05) is 72.8 Å². The molecule has 0 fully saturated rings. The molecule has 2 amide bonds. The van der Waals surface area contributed by atoms with Crippen LogP contribution in [0.1, 0.15) is 18.4 Å². The van der Waals surface area contributed by atoms with Crippen LogP contribution in [0.3, 0.4) is 0 Å². The number of benzene rings is 3. The SMILES string of the molecule is NCCCC(C(=O)Nc1ccc2ccccc2c1)N(CCc1ccccc1)C(=O)CN.O=C(O)C(F)(F)F. The normalized spacial score (nSPS) is 11.7. The lowest BCUT2D eigenvalue weighted by Gasteiger charge is -2.31. The van der Waals surface area contributed by atoms with E-state index in [0.29, 0.717) is 38.0 Å². The fourth-order valence-corrected chi connectivity index (χ4v) is 3.70. The van der Waals surface area contributed by atoms with E-state index in [1.165, 1.54) is 0 Å². The number of alkyl halides is 3. The van der Waals surface area contributed by atoms with E-state index >= 15 is 0 Å². The van der Waals surface area contributed by atoms with Crippen molar-refractivity contribution in [2.75, 3.05) is 25.0 Å². The van der Waals surface area contributed by atoms with Crippen molar-refractivity contribution in [3.05, 3.63) is 78.4 Å². The third kappa shape index (κ3) is 9.49. The van der Waals surface area contributed by atoms with Crippen LogP contribution >= 0.6 is 0 Å². The van der Waals surface area contributed by atoms with E-state index < -0.39 is 18.2 Å². The maximum Gasteiger partial charge on any atom is 0.490 e. The smallest absolute Gasteiger partial charge is 0.475 e. The molecular formula is C27H31F3N4O4. The topological polar surface area (TPSA) is 139 Å². The second kappa shape index (κ2) is 14.7. The number of carbonyl (C=O) groups excluding carboxylic acids is 2. The van der Waals surface area contributed by atoms with E-state index in [4.69, 9.17) is 21.4 Å². The molecule has 0 aliphatic carbocycles. The molecule has 0 aliphatic rings. The van der Waals surface area contributed by atoms with Gasteiger partial charge in [-0.15, -0.1) is 0 Å². The molecule has 3 aromatic carbocycles. The minimum atomic E-state index is -5.08. The fraction of sp³-hybridized carbons (Fsp3) is 0.296. The first-order valence-electron chi connectivity index (χ1n) is 11.9. The number of nitrogens with one attached hydrogen (secondary N) is 1. The number of aliphatic carboxylic acids is 1. The molecule has 0 radical (unpaired) electrons. The molecular weight excluding hydrogens is 501 g/mol. The number of hydrogen-bond acceptors (Lipinski definition) is 5. The third-order valence-electron chi connectivity index (χ3n) is 5.60. The second-order valence-electron chi connectivity index (χ2n) is 8.33. The lowest BCUT2D eigenvalue weighted by atomic mass is 10.1. The number of carboxylic acid groups (broad SMARTS) is 1. The molecule has 1 atom stereocenters. The Morgan fingerprint density at radius 1 is 0.921 bits per heavy atom. The Morgan fingerprint density at radius 3 is 2.11 bits per heavy atom. The van der Waals surface area contributed by atoms with Crippen LogP contribution < -0.4 is 16.8 Å². The van der Waals surface area contributed by atoms with Crippen molar-refractivity contribution in [2.24, 2.45) is 11.5 Å². The molecule has 0 aliphatic heterocycles. The van der Waals surface area contributed by atoms with Gasteiger partial charge in [0.1, 0.15) is 6.04 Å². The number of nitrogens with zero attached hydrogens (tertiary/aromatic N) is 1. The van der Waals surface area contributed by atoms with Gasteiger partial charge in [0.05, 0.1) is 6.54 Å². The molecule has 204 valence electrons. The Kier molecular flexibility index (Phi) is 11.7. The van der Waals surface area contributed by atoms with E-state index in [1.54, 1.807) is 4.90 Å². The summed E-state index contributed by atoms with van der Waals surface area (Å²) in [7, 11) is 0. The zero-order valence-electron chi connectivity index (χ0n) is 20.7. The zero-order valence-corrected chi connectivity index (χ0v) is 20.7. The predicted octanol–water partition coefficient (Wildman–Crippen LogP) is 3.55. The summed E-state index contributed by atoms with van der Waals surface area (Å²) >= 11 is 0. The van der Waals surface area contributed by atoms with Gasteiger partial charge in [-0.25, -0.2) is 4.79 Å². The summed E-state index contributed by atoms with van der Waals surface area (Å²) in [6.45, 7) is 0.723. The number of fused-ring (bicyclic) bond motifs is 1. The molecule has 0 heterocycles. The number of rotatable bonds is 10. The van der Waals surface area contributed by atoms with E-state index in [2.05, 4.69) is 5.32 Å². The summed E-state index contributed by atoms with van der Waals surface area (Å²) in [6.07, 6.45) is -3.32. The van der Waals surface area contributed by atoms with Gasteiger partial charge in [0.15, 0.2) is 0 Å². The first kappa shape index (κ1) is 30.3. The molecule has 0 saturated carbocycles. The first-order chi connectivity index (χ1) is 18.1. The number of amides is 2. The van der Waals surface area contributed by atoms with Crippen molar-refractivity contribution >= 4 is 34.2 Å². The van der Waals surface area contributed by atoms with Crippen molar-refractivity contribution < 1.29 is 32.7 Å². The van der Waals surface area contributed by atoms with Crippen LogP contribution in [0.5, 0.6) is 0 Å². The van der Waals surface area contributed by atoms with Crippen LogP contribution in [0.25, 0.3) is 10.8 Å². The molecule has 3 rings (SSSR count). The number of nitrogens with two attached hydrogens (primary N) is 2. The molecule has 0 bridgehead atoms. The first-order valence-corrected chi connectivity index (χ1v) is 11.9. The highest BCUT2D eigenvalue weighted by atomic mass is 19.4. The average Bonchev–Trinajstić information content (AvgIpc) is 2.90. The quantitative estimate of drug-likeness (QED) is 0.315. The van der Waals surface area contributed by atoms with Gasteiger partial charge in [-0.2, -0.15) is 13.2 Å². The molecule has 11 heteroatoms. The summed E-state index contributed by atoms with van der Waals surface area (Å²) < 4.78 is 31.7. The highest BCUT2D eigenvalue weighted by Gasteiger charge is 2.38. The van der Waals surface area contributed by atoms with Crippen LogP contribution in [0.4, 0.5) is 18.9 Å². The van der Waals surface area contributed by atoms with Crippen LogP contribution in [0, 0.1) is 0 Å². The molecule has 0 saturated heterocycles. The van der Waals surface area contributed by atoms with Gasteiger partial charge < -0.3 is 26.8 Å². The fourth-order valence-electron chi connectivity index (χ4n) is 3.70. The highest BCUT2D eigenvalue weighted by Crippen LogP contribution is 2.20. The van der Waals surface area contributed by atoms with Crippen molar-refractivity contribution in [1.29, 1.82) is 0 Å². The van der Waals surface area contributed by atoms with Crippen molar-refractivity contribution in [2.45, 2.75) is 31.5 Å². The number of halogens is 3. The van der Waals surface area contributed by atoms with Gasteiger partial charge >= 0.3 is 12.1 Å². The number of carbonyl (C=O) groups is 3. The monoisotopic (exact) mass is 532 g/mol. The Bertz CT molecular complexity index is 1210. The Balaban J connectivity index is 0.000000638. The number of hydrogen-bond donors (Lipinski definition) is 4. The summed E-state index contributed by atoms with van der Waals surface area (Å²) in [4.78, 5) is 36.4. The predicted molar refractivity (Wildman–Crippen MR) is 139 cm³/mol. The molecule has 1 unspecified atom stereocenters. The molecule has 0 spiro atoms. The standard InChI is InChI=1S/C25H30N4O2.C2HF3O2/c26-15-6-11-23(29(24(30)18-27)16-14-19-7-2-1-3-8-19)25(31)28-22-13-12-20-9-4-5-10-21(20)17-22;3-2(4,5)1(6)7/h1-5,7-10,12-13,17,23H,6,11,14-16,18,26-27H2,(H,28,31);(H,6,7). The maximum atomic E-state index is 13.2. The van der Waals surface area contributed by atoms with Crippen molar-refractivity contribution in [3.63, 3.8) is 0 Å². The van der Waals surface area contributed by atoms with Crippen molar-refractivity contribution in [1.82, 2.24) is 4.90 Å². The van der Waals surface area contributed by atoms with Crippen LogP contribution in [0.15, 0.2) is 72.8 Å². The molecule has 3 aromatic rings. The van der Waals surface area contributed by atoms with E-state index in [9.17, 15) is 22.8 Å². The van der Waals surface area contributed by atoms with Crippen LogP contribution in [-0.4, -0.2) is 59.6 Å². The van der Waals surface area contributed by atoms with Crippen molar-refractivity contribution in [3.8, 4) is 0 Å². The van der Waals surface area contributed by atoms with Crippen LogP contribution in [-0.2, 0) is 20.8 Å². The number of carboxylic acids is 1. The summed E-state index contributed by atoms with van der Waals surface area (Å²) in [5.74, 6) is -3.22. The summed E-state index contributed by atoms with van der Waals surface area (Å²) in [5, 5.41) is 12.3. The summed E-state index contributed by atoms with van der Waals surface area (Å²) in [5.41, 5.74) is 13.2. The highest BCUT2D eigenvalue weighted by molar-refractivity contribution is 5.99. The van der Waals surface area contributed by atoms with Gasteiger partial charge in [0.25, 0.3) is 0 Å². The molecule has 8 nitrogen and oxygen atoms in total. The van der Waals surface area contributed by atoms with E-state index in [-0.39, 0.29) is 18.4 Å². The second-order valence-corrected chi connectivity index (χ2v) is 8.33. The molecule has 0 aromatic heterocycles. The molecule has 6 N–H and O–H groups in total. The van der Waals surface area contributed by atoms with Gasteiger partial charge in [0, 0.05) is 12.2 Å².